The average molecular weight is 195 g/mol. The third-order valence-electron chi connectivity index (χ3n) is 1.19. The van der Waals surface area contributed by atoms with Crippen molar-refractivity contribution < 1.29 is 20.1 Å². The van der Waals surface area contributed by atoms with Gasteiger partial charge in [-0.1, -0.05) is 0 Å². The fourth-order valence-electron chi connectivity index (χ4n) is 0.744. The number of nitrogens with zero attached hydrogens (tertiary/aromatic N) is 1. The Bertz CT molecular complexity index is 116. The molecule has 7 N–H and O–H groups in total. The second-order valence-corrected chi connectivity index (χ2v) is 2.12. The first-order chi connectivity index (χ1) is 6.20. The van der Waals surface area contributed by atoms with E-state index >= 15 is 0 Å². The molecule has 0 spiro atoms. The van der Waals surface area contributed by atoms with E-state index in [9.17, 15) is 4.79 Å². The molecule has 0 saturated heterocycles. The minimum atomic E-state index is -0.952. The second kappa shape index (κ2) is 11.3. The molecule has 0 bridgehead atoms. The molecule has 0 rings (SSSR count). The molecular weight excluding hydrogens is 178 g/mol. The number of hydrogen-bond acceptors (Lipinski definition) is 6. The Morgan fingerprint density at radius 1 is 1.15 bits per heavy atom. The molecule has 7 nitrogen and oxygen atoms in total. The van der Waals surface area contributed by atoms with E-state index in [1.807, 2.05) is 0 Å². The van der Waals surface area contributed by atoms with Crippen molar-refractivity contribution in [3.05, 3.63) is 0 Å². The zero-order valence-electron chi connectivity index (χ0n) is 7.39. The quantitative estimate of drug-likeness (QED) is 0.228. The first kappa shape index (κ1) is 14.8. The maximum Gasteiger partial charge on any atom is 0.317 e. The number of rotatable bonds is 6. The maximum atomic E-state index is 10.2. The Morgan fingerprint density at radius 3 is 1.77 bits per heavy atom. The van der Waals surface area contributed by atoms with Gasteiger partial charge in [0.05, 0.1) is 19.8 Å². The smallest absolute Gasteiger partial charge is 0.317 e. The fourth-order valence-corrected chi connectivity index (χ4v) is 0.744. The lowest BCUT2D eigenvalue weighted by Gasteiger charge is -2.16. The summed E-state index contributed by atoms with van der Waals surface area (Å²) in [5, 5.41) is 25.3. The van der Waals surface area contributed by atoms with E-state index < -0.39 is 5.97 Å². The van der Waals surface area contributed by atoms with Gasteiger partial charge in [-0.25, -0.2) is 0 Å². The number of nitrogens with two attached hydrogens (primary N) is 2. The molecule has 0 unspecified atom stereocenters. The minimum Gasteiger partial charge on any atom is -0.480 e. The van der Waals surface area contributed by atoms with Gasteiger partial charge in [0.2, 0.25) is 0 Å². The SMILES string of the molecule is NN.O=C(O)CN(CCO)CCO. The largest absolute Gasteiger partial charge is 0.480 e. The van der Waals surface area contributed by atoms with Gasteiger partial charge in [-0.2, -0.15) is 0 Å². The van der Waals surface area contributed by atoms with E-state index in [1.54, 1.807) is 0 Å². The van der Waals surface area contributed by atoms with Crippen molar-refractivity contribution in [2.45, 2.75) is 0 Å². The number of carboxylic acids is 1. The van der Waals surface area contributed by atoms with Gasteiger partial charge in [-0.05, 0) is 0 Å². The lowest BCUT2D eigenvalue weighted by Crippen LogP contribution is -2.34. The van der Waals surface area contributed by atoms with E-state index in [0.717, 1.165) is 0 Å². The zero-order valence-corrected chi connectivity index (χ0v) is 7.39. The molecule has 0 aromatic carbocycles. The van der Waals surface area contributed by atoms with Crippen molar-refractivity contribution in [2.75, 3.05) is 32.8 Å². The number of aliphatic carboxylic acids is 1. The number of hydrogen-bond donors (Lipinski definition) is 5. The van der Waals surface area contributed by atoms with Gasteiger partial charge in [0.25, 0.3) is 0 Å². The van der Waals surface area contributed by atoms with Crippen LogP contribution in [0.25, 0.3) is 0 Å². The summed E-state index contributed by atoms with van der Waals surface area (Å²) >= 11 is 0. The van der Waals surface area contributed by atoms with Crippen LogP contribution < -0.4 is 11.7 Å². The number of aliphatic hydroxyl groups is 2. The normalized spacial score (nSPS) is 9.31. The van der Waals surface area contributed by atoms with Crippen LogP contribution in [-0.2, 0) is 4.79 Å². The molecule has 0 aliphatic carbocycles. The Kier molecular flexibility index (Phi) is 12.8. The number of carbonyl (C=O) groups is 1. The second-order valence-electron chi connectivity index (χ2n) is 2.12. The van der Waals surface area contributed by atoms with Crippen molar-refractivity contribution in [3.63, 3.8) is 0 Å². The summed E-state index contributed by atoms with van der Waals surface area (Å²) in [6.07, 6.45) is 0. The van der Waals surface area contributed by atoms with Gasteiger partial charge >= 0.3 is 5.97 Å². The predicted octanol–water partition coefficient (Wildman–Crippen LogP) is -2.82. The molecule has 0 aromatic heterocycles. The highest BCUT2D eigenvalue weighted by Gasteiger charge is 2.06. The summed E-state index contributed by atoms with van der Waals surface area (Å²) in [5.41, 5.74) is 0. The molecule has 0 radical (unpaired) electrons. The maximum absolute atomic E-state index is 10.2. The van der Waals surface area contributed by atoms with Gasteiger partial charge in [0, 0.05) is 13.1 Å². The molecule has 0 atom stereocenters. The number of aliphatic hydroxyl groups excluding tert-OH is 2. The monoisotopic (exact) mass is 195 g/mol. The summed E-state index contributed by atoms with van der Waals surface area (Å²) in [6.45, 7) is 0.251. The Hall–Kier alpha value is -0.730. The highest BCUT2D eigenvalue weighted by Crippen LogP contribution is 1.85. The molecule has 0 fully saturated rings. The standard InChI is InChI=1S/C6H13NO4.H4N2/c8-3-1-7(2-4-9)5-6(10)11;1-2/h8-9H,1-5H2,(H,10,11);1-2H2. The molecule has 80 valence electrons. The van der Waals surface area contributed by atoms with E-state index in [2.05, 4.69) is 11.7 Å². The van der Waals surface area contributed by atoms with Crippen LogP contribution >= 0.6 is 0 Å². The molecule has 0 aromatic rings. The molecule has 7 heteroatoms. The van der Waals surface area contributed by atoms with Gasteiger partial charge in [-0.15, -0.1) is 0 Å². The van der Waals surface area contributed by atoms with Crippen LogP contribution in [0.1, 0.15) is 0 Å². The van der Waals surface area contributed by atoms with Crippen molar-refractivity contribution >= 4 is 5.97 Å². The Morgan fingerprint density at radius 2 is 1.54 bits per heavy atom. The summed E-state index contributed by atoms with van der Waals surface area (Å²) in [5.74, 6) is 7.05. The molecule has 0 heterocycles. The lowest BCUT2D eigenvalue weighted by molar-refractivity contribution is -0.138. The van der Waals surface area contributed by atoms with Crippen molar-refractivity contribution in [1.82, 2.24) is 4.90 Å². The van der Waals surface area contributed by atoms with Crippen LogP contribution in [0, 0.1) is 0 Å². The summed E-state index contributed by atoms with van der Waals surface area (Å²) in [6, 6.07) is 0. The number of hydrazine groups is 1. The summed E-state index contributed by atoms with van der Waals surface area (Å²) < 4.78 is 0. The van der Waals surface area contributed by atoms with Gasteiger partial charge in [0.15, 0.2) is 0 Å². The molecule has 0 amide bonds. The van der Waals surface area contributed by atoms with Gasteiger partial charge < -0.3 is 15.3 Å². The molecule has 0 saturated carbocycles. The average Bonchev–Trinajstić information content (AvgIpc) is 2.08. The van der Waals surface area contributed by atoms with Crippen molar-refractivity contribution in [1.29, 1.82) is 0 Å². The highest BCUT2D eigenvalue weighted by atomic mass is 16.4. The Labute approximate surface area is 76.5 Å². The van der Waals surface area contributed by atoms with Crippen LogP contribution in [0.15, 0.2) is 0 Å². The Balaban J connectivity index is 0. The molecule has 13 heavy (non-hydrogen) atoms. The molecule has 0 aliphatic rings. The van der Waals surface area contributed by atoms with Gasteiger partial charge in [-0.3, -0.25) is 21.4 Å². The fraction of sp³-hybridized carbons (Fsp3) is 0.833. The summed E-state index contributed by atoms with van der Waals surface area (Å²) in [4.78, 5) is 11.6. The van der Waals surface area contributed by atoms with Crippen molar-refractivity contribution in [2.24, 2.45) is 11.7 Å². The first-order valence-corrected chi connectivity index (χ1v) is 3.70. The molecular formula is C6H17N3O4. The van der Waals surface area contributed by atoms with Crippen LogP contribution in [0.2, 0.25) is 0 Å². The lowest BCUT2D eigenvalue weighted by atomic mass is 10.4. The van der Waals surface area contributed by atoms with Crippen LogP contribution in [0.5, 0.6) is 0 Å². The van der Waals surface area contributed by atoms with Gasteiger partial charge in [0.1, 0.15) is 0 Å². The van der Waals surface area contributed by atoms with Crippen LogP contribution in [-0.4, -0.2) is 59.0 Å². The van der Waals surface area contributed by atoms with E-state index in [1.165, 1.54) is 4.90 Å². The third kappa shape index (κ3) is 11.3. The summed E-state index contributed by atoms with van der Waals surface area (Å²) in [7, 11) is 0. The van der Waals surface area contributed by atoms with E-state index in [0.29, 0.717) is 0 Å². The third-order valence-corrected chi connectivity index (χ3v) is 1.19. The van der Waals surface area contributed by atoms with Crippen LogP contribution in [0.3, 0.4) is 0 Å². The number of carboxylic acid groups (broad SMARTS) is 1. The highest BCUT2D eigenvalue weighted by molar-refractivity contribution is 5.69. The minimum absolute atomic E-state index is 0.0900. The zero-order chi connectivity index (χ0) is 10.7. The van der Waals surface area contributed by atoms with Crippen LogP contribution in [0.4, 0.5) is 0 Å². The molecule has 0 aliphatic heterocycles. The topological polar surface area (TPSA) is 133 Å². The van der Waals surface area contributed by atoms with E-state index in [4.69, 9.17) is 15.3 Å². The predicted molar refractivity (Wildman–Crippen MR) is 46.6 cm³/mol. The van der Waals surface area contributed by atoms with Crippen molar-refractivity contribution in [3.8, 4) is 0 Å². The van der Waals surface area contributed by atoms with E-state index in [-0.39, 0.29) is 32.8 Å². The first-order valence-electron chi connectivity index (χ1n) is 3.70.